The van der Waals surface area contributed by atoms with Crippen LogP contribution in [0.2, 0.25) is 0 Å². The van der Waals surface area contributed by atoms with Gasteiger partial charge in [-0.2, -0.15) is 0 Å². The highest BCUT2D eigenvalue weighted by molar-refractivity contribution is 6.35. The highest BCUT2D eigenvalue weighted by Gasteiger charge is 2.10. The van der Waals surface area contributed by atoms with Crippen LogP contribution < -0.4 is 16.4 Å². The van der Waals surface area contributed by atoms with Gasteiger partial charge in [-0.15, -0.1) is 0 Å². The fourth-order valence-electron chi connectivity index (χ4n) is 1.37. The first-order valence-corrected chi connectivity index (χ1v) is 5.51. The van der Waals surface area contributed by atoms with Crippen molar-refractivity contribution in [3.63, 3.8) is 0 Å². The average molecular weight is 235 g/mol. The van der Waals surface area contributed by atoms with E-state index in [-0.39, 0.29) is 0 Å². The van der Waals surface area contributed by atoms with Crippen LogP contribution in [0.1, 0.15) is 18.1 Å². The molecule has 0 atom stereocenters. The maximum Gasteiger partial charge on any atom is 0.309 e. The van der Waals surface area contributed by atoms with E-state index in [9.17, 15) is 9.59 Å². The van der Waals surface area contributed by atoms with Crippen LogP contribution in [0, 0.1) is 0 Å². The highest BCUT2D eigenvalue weighted by atomic mass is 16.2. The molecule has 0 fully saturated rings. The predicted octanol–water partition coefficient (Wildman–Crippen LogP) is -0.102. The van der Waals surface area contributed by atoms with E-state index in [1.54, 1.807) is 6.92 Å². The molecule has 0 bridgehead atoms. The monoisotopic (exact) mass is 235 g/mol. The number of benzene rings is 1. The molecular formula is C12H17N3O2. The molecule has 0 aliphatic rings. The highest BCUT2D eigenvalue weighted by Crippen LogP contribution is 2.03. The molecule has 0 spiro atoms. The molecule has 4 N–H and O–H groups in total. The zero-order valence-electron chi connectivity index (χ0n) is 9.82. The third kappa shape index (κ3) is 4.24. The molecule has 5 nitrogen and oxygen atoms in total. The maximum absolute atomic E-state index is 11.3. The number of rotatable bonds is 4. The Morgan fingerprint density at radius 2 is 1.82 bits per heavy atom. The van der Waals surface area contributed by atoms with Crippen molar-refractivity contribution in [2.45, 2.75) is 20.0 Å². The van der Waals surface area contributed by atoms with Gasteiger partial charge in [0.2, 0.25) is 0 Å². The van der Waals surface area contributed by atoms with E-state index in [0.717, 1.165) is 11.1 Å². The van der Waals surface area contributed by atoms with Gasteiger partial charge in [-0.3, -0.25) is 9.59 Å². The molecule has 0 aromatic heterocycles. The Labute approximate surface area is 100 Å². The van der Waals surface area contributed by atoms with E-state index in [1.807, 2.05) is 24.3 Å². The van der Waals surface area contributed by atoms with Gasteiger partial charge in [0, 0.05) is 19.6 Å². The van der Waals surface area contributed by atoms with E-state index in [0.29, 0.717) is 19.6 Å². The molecule has 2 amide bonds. The van der Waals surface area contributed by atoms with E-state index in [1.165, 1.54) is 0 Å². The zero-order chi connectivity index (χ0) is 12.7. The van der Waals surface area contributed by atoms with Gasteiger partial charge in [0.15, 0.2) is 0 Å². The van der Waals surface area contributed by atoms with Gasteiger partial charge in [0.1, 0.15) is 0 Å². The van der Waals surface area contributed by atoms with Crippen LogP contribution in [0.4, 0.5) is 0 Å². The Morgan fingerprint density at radius 3 is 2.47 bits per heavy atom. The molecule has 5 heteroatoms. The lowest BCUT2D eigenvalue weighted by Gasteiger charge is -2.06. The molecule has 0 heterocycles. The third-order valence-corrected chi connectivity index (χ3v) is 2.22. The number of carbonyl (C=O) groups is 2. The lowest BCUT2D eigenvalue weighted by atomic mass is 10.1. The summed E-state index contributed by atoms with van der Waals surface area (Å²) >= 11 is 0. The van der Waals surface area contributed by atoms with Crippen molar-refractivity contribution >= 4 is 11.8 Å². The molecular weight excluding hydrogens is 218 g/mol. The Morgan fingerprint density at radius 1 is 1.18 bits per heavy atom. The number of hydrogen-bond acceptors (Lipinski definition) is 3. The predicted molar refractivity (Wildman–Crippen MR) is 64.9 cm³/mol. The minimum atomic E-state index is -0.620. The van der Waals surface area contributed by atoms with E-state index >= 15 is 0 Å². The first-order chi connectivity index (χ1) is 8.17. The lowest BCUT2D eigenvalue weighted by molar-refractivity contribution is -0.139. The smallest absolute Gasteiger partial charge is 0.309 e. The molecule has 17 heavy (non-hydrogen) atoms. The fraction of sp³-hybridized carbons (Fsp3) is 0.333. The summed E-state index contributed by atoms with van der Waals surface area (Å²) in [6.07, 6.45) is 0. The molecule has 1 aromatic carbocycles. The Kier molecular flexibility index (Phi) is 5.16. The van der Waals surface area contributed by atoms with Gasteiger partial charge >= 0.3 is 11.8 Å². The van der Waals surface area contributed by atoms with Crippen LogP contribution in [0.25, 0.3) is 0 Å². The summed E-state index contributed by atoms with van der Waals surface area (Å²) in [4.78, 5) is 22.5. The van der Waals surface area contributed by atoms with E-state index in [4.69, 9.17) is 5.73 Å². The van der Waals surface area contributed by atoms with Crippen molar-refractivity contribution in [2.24, 2.45) is 5.73 Å². The van der Waals surface area contributed by atoms with Crippen LogP contribution in [-0.2, 0) is 22.7 Å². The minimum Gasteiger partial charge on any atom is -0.348 e. The van der Waals surface area contributed by atoms with Crippen molar-refractivity contribution in [2.75, 3.05) is 6.54 Å². The molecule has 0 saturated heterocycles. The van der Waals surface area contributed by atoms with Crippen molar-refractivity contribution < 1.29 is 9.59 Å². The molecule has 0 aliphatic heterocycles. The lowest BCUT2D eigenvalue weighted by Crippen LogP contribution is -2.39. The number of amides is 2. The van der Waals surface area contributed by atoms with Gasteiger partial charge in [-0.1, -0.05) is 24.3 Å². The molecule has 92 valence electrons. The summed E-state index contributed by atoms with van der Waals surface area (Å²) in [5.74, 6) is -1.23. The van der Waals surface area contributed by atoms with E-state index < -0.39 is 11.8 Å². The SMILES string of the molecule is CCNC(=O)C(=O)NCc1cccc(CN)c1. The van der Waals surface area contributed by atoms with Crippen LogP contribution >= 0.6 is 0 Å². The van der Waals surface area contributed by atoms with Crippen molar-refractivity contribution in [3.8, 4) is 0 Å². The summed E-state index contributed by atoms with van der Waals surface area (Å²) in [5, 5.41) is 4.98. The van der Waals surface area contributed by atoms with Crippen LogP contribution in [0.15, 0.2) is 24.3 Å². The Bertz CT molecular complexity index is 404. The van der Waals surface area contributed by atoms with Crippen molar-refractivity contribution in [1.82, 2.24) is 10.6 Å². The van der Waals surface area contributed by atoms with Gasteiger partial charge in [0.05, 0.1) is 0 Å². The number of likely N-dealkylation sites (N-methyl/N-ethyl adjacent to an activating group) is 1. The maximum atomic E-state index is 11.3. The second-order valence-corrected chi connectivity index (χ2v) is 3.57. The topological polar surface area (TPSA) is 84.2 Å². The Balaban J connectivity index is 2.49. The number of hydrogen-bond donors (Lipinski definition) is 3. The molecule has 0 radical (unpaired) electrons. The number of nitrogens with one attached hydrogen (secondary N) is 2. The number of nitrogens with two attached hydrogens (primary N) is 1. The quantitative estimate of drug-likeness (QED) is 0.637. The largest absolute Gasteiger partial charge is 0.348 e. The second kappa shape index (κ2) is 6.65. The summed E-state index contributed by atoms with van der Waals surface area (Å²) in [6.45, 7) is 2.98. The van der Waals surface area contributed by atoms with Gasteiger partial charge < -0.3 is 16.4 Å². The number of carbonyl (C=O) groups excluding carboxylic acids is 2. The van der Waals surface area contributed by atoms with Crippen molar-refractivity contribution in [3.05, 3.63) is 35.4 Å². The molecule has 0 saturated carbocycles. The first kappa shape index (κ1) is 13.2. The van der Waals surface area contributed by atoms with Crippen molar-refractivity contribution in [1.29, 1.82) is 0 Å². The van der Waals surface area contributed by atoms with Gasteiger partial charge in [-0.05, 0) is 18.1 Å². The van der Waals surface area contributed by atoms with Gasteiger partial charge in [0.25, 0.3) is 0 Å². The summed E-state index contributed by atoms with van der Waals surface area (Å²) in [5.41, 5.74) is 7.43. The minimum absolute atomic E-state index is 0.323. The standard InChI is InChI=1S/C12H17N3O2/c1-2-14-11(16)12(17)15-8-10-5-3-4-9(6-10)7-13/h3-6H,2,7-8,13H2,1H3,(H,14,16)(H,15,17). The summed E-state index contributed by atoms with van der Waals surface area (Å²) < 4.78 is 0. The van der Waals surface area contributed by atoms with Crippen LogP contribution in [-0.4, -0.2) is 18.4 Å². The molecule has 1 rings (SSSR count). The second-order valence-electron chi connectivity index (χ2n) is 3.57. The van der Waals surface area contributed by atoms with Gasteiger partial charge in [-0.25, -0.2) is 0 Å². The van der Waals surface area contributed by atoms with Crippen LogP contribution in [0.3, 0.4) is 0 Å². The zero-order valence-corrected chi connectivity index (χ0v) is 9.82. The molecule has 0 aliphatic carbocycles. The third-order valence-electron chi connectivity index (χ3n) is 2.22. The Hall–Kier alpha value is -1.88. The molecule has 0 unspecified atom stereocenters. The normalized spacial score (nSPS) is 9.76. The summed E-state index contributed by atoms with van der Waals surface area (Å²) in [6, 6.07) is 7.56. The van der Waals surface area contributed by atoms with Crippen LogP contribution in [0.5, 0.6) is 0 Å². The first-order valence-electron chi connectivity index (χ1n) is 5.51. The fourth-order valence-corrected chi connectivity index (χ4v) is 1.37. The van der Waals surface area contributed by atoms with E-state index in [2.05, 4.69) is 10.6 Å². The average Bonchev–Trinajstić information content (AvgIpc) is 2.36. The summed E-state index contributed by atoms with van der Waals surface area (Å²) in [7, 11) is 0. The molecule has 1 aromatic rings.